The van der Waals surface area contributed by atoms with Gasteiger partial charge in [-0.15, -0.1) is 0 Å². The van der Waals surface area contributed by atoms with E-state index in [9.17, 15) is 0 Å². The average Bonchev–Trinajstić information content (AvgIpc) is 2.97. The third-order valence-corrected chi connectivity index (χ3v) is 3.98. The van der Waals surface area contributed by atoms with Gasteiger partial charge in [0.1, 0.15) is 23.3 Å². The monoisotopic (exact) mass is 296 g/mol. The first-order valence-electron chi connectivity index (χ1n) is 7.31. The van der Waals surface area contributed by atoms with E-state index in [2.05, 4.69) is 29.9 Å². The summed E-state index contributed by atoms with van der Waals surface area (Å²) in [6.07, 6.45) is 3.36. The summed E-state index contributed by atoms with van der Waals surface area (Å²) < 4.78 is 5.22. The number of pyridine rings is 1. The van der Waals surface area contributed by atoms with E-state index in [1.54, 1.807) is 0 Å². The molecule has 7 nitrogen and oxygen atoms in total. The molecule has 1 fully saturated rings. The predicted molar refractivity (Wildman–Crippen MR) is 83.0 cm³/mol. The van der Waals surface area contributed by atoms with Crippen LogP contribution in [-0.2, 0) is 0 Å². The fraction of sp³-hybridized carbons (Fsp3) is 0.333. The van der Waals surface area contributed by atoms with E-state index in [4.69, 9.17) is 4.52 Å². The fourth-order valence-corrected chi connectivity index (χ4v) is 2.83. The van der Waals surface area contributed by atoms with Gasteiger partial charge in [0.15, 0.2) is 0 Å². The number of anilines is 2. The van der Waals surface area contributed by atoms with Crippen LogP contribution in [0.25, 0.3) is 11.1 Å². The van der Waals surface area contributed by atoms with Gasteiger partial charge in [-0.1, -0.05) is 11.2 Å². The molecule has 0 N–H and O–H groups in total. The number of fused-ring (bicyclic) bond motifs is 1. The van der Waals surface area contributed by atoms with Crippen molar-refractivity contribution in [3.8, 4) is 0 Å². The molecule has 22 heavy (non-hydrogen) atoms. The zero-order valence-corrected chi connectivity index (χ0v) is 12.3. The van der Waals surface area contributed by atoms with Gasteiger partial charge in [0, 0.05) is 32.4 Å². The van der Waals surface area contributed by atoms with Gasteiger partial charge >= 0.3 is 0 Å². The number of aromatic nitrogens is 4. The second kappa shape index (κ2) is 5.25. The Balaban J connectivity index is 1.57. The molecule has 1 aliphatic heterocycles. The molecule has 0 bridgehead atoms. The van der Waals surface area contributed by atoms with Gasteiger partial charge in [-0.25, -0.2) is 9.97 Å². The molecule has 0 aromatic carbocycles. The highest BCUT2D eigenvalue weighted by atomic mass is 16.5. The van der Waals surface area contributed by atoms with Gasteiger partial charge in [-0.05, 0) is 19.1 Å². The van der Waals surface area contributed by atoms with Crippen molar-refractivity contribution >= 4 is 22.7 Å². The standard InChI is InChI=1S/C15H16N6O/c1-11-13-14(17-10-18-15(13)22-19-11)21-8-6-20(7-9-21)12-4-2-3-5-16-12/h2-5,10H,6-9H2,1H3. The lowest BCUT2D eigenvalue weighted by molar-refractivity contribution is 0.442. The first kappa shape index (κ1) is 13.0. The van der Waals surface area contributed by atoms with Crippen LogP contribution in [0.5, 0.6) is 0 Å². The Morgan fingerprint density at radius 3 is 2.59 bits per heavy atom. The average molecular weight is 296 g/mol. The van der Waals surface area contributed by atoms with Crippen LogP contribution in [0.2, 0.25) is 0 Å². The maximum atomic E-state index is 5.22. The molecular weight excluding hydrogens is 280 g/mol. The minimum absolute atomic E-state index is 0.551. The fourth-order valence-electron chi connectivity index (χ4n) is 2.83. The van der Waals surface area contributed by atoms with Crippen LogP contribution in [0.3, 0.4) is 0 Å². The van der Waals surface area contributed by atoms with E-state index in [0.717, 1.165) is 48.9 Å². The van der Waals surface area contributed by atoms with Crippen LogP contribution in [-0.4, -0.2) is 46.3 Å². The smallest absolute Gasteiger partial charge is 0.263 e. The zero-order chi connectivity index (χ0) is 14.9. The lowest BCUT2D eigenvalue weighted by Gasteiger charge is -2.36. The van der Waals surface area contributed by atoms with Crippen molar-refractivity contribution in [3.63, 3.8) is 0 Å². The van der Waals surface area contributed by atoms with Crippen molar-refractivity contribution in [2.24, 2.45) is 0 Å². The molecule has 0 aliphatic carbocycles. The molecular formula is C15H16N6O. The Labute approximate surface area is 127 Å². The van der Waals surface area contributed by atoms with Crippen molar-refractivity contribution in [2.75, 3.05) is 36.0 Å². The highest BCUT2D eigenvalue weighted by molar-refractivity contribution is 5.87. The topological polar surface area (TPSA) is 71.2 Å². The summed E-state index contributed by atoms with van der Waals surface area (Å²) in [6.45, 7) is 5.50. The molecule has 112 valence electrons. The number of piperazine rings is 1. The zero-order valence-electron chi connectivity index (χ0n) is 12.3. The molecule has 0 radical (unpaired) electrons. The number of hydrogen-bond donors (Lipinski definition) is 0. The second-order valence-corrected chi connectivity index (χ2v) is 5.31. The quantitative estimate of drug-likeness (QED) is 0.712. The third-order valence-electron chi connectivity index (χ3n) is 3.98. The number of rotatable bonds is 2. The molecule has 0 atom stereocenters. The Morgan fingerprint density at radius 2 is 1.82 bits per heavy atom. The SMILES string of the molecule is Cc1noc2ncnc(N3CCN(c4ccccn4)CC3)c12. The van der Waals surface area contributed by atoms with E-state index in [1.165, 1.54) is 6.33 Å². The molecule has 1 saturated heterocycles. The third kappa shape index (κ3) is 2.14. The van der Waals surface area contributed by atoms with Crippen LogP contribution in [0.1, 0.15) is 5.69 Å². The highest BCUT2D eigenvalue weighted by Crippen LogP contribution is 2.27. The first-order chi connectivity index (χ1) is 10.8. The number of hydrogen-bond acceptors (Lipinski definition) is 7. The largest absolute Gasteiger partial charge is 0.353 e. The van der Waals surface area contributed by atoms with Crippen molar-refractivity contribution in [1.29, 1.82) is 0 Å². The summed E-state index contributed by atoms with van der Waals surface area (Å²) in [6, 6.07) is 6.00. The van der Waals surface area contributed by atoms with Crippen molar-refractivity contribution in [1.82, 2.24) is 20.1 Å². The Bertz CT molecular complexity index is 779. The van der Waals surface area contributed by atoms with E-state index in [1.807, 2.05) is 31.3 Å². The van der Waals surface area contributed by atoms with Crippen molar-refractivity contribution in [3.05, 3.63) is 36.4 Å². The van der Waals surface area contributed by atoms with Crippen LogP contribution in [0.4, 0.5) is 11.6 Å². The molecule has 1 aliphatic rings. The van der Waals surface area contributed by atoms with Crippen LogP contribution >= 0.6 is 0 Å². The van der Waals surface area contributed by atoms with Crippen molar-refractivity contribution in [2.45, 2.75) is 6.92 Å². The Hall–Kier alpha value is -2.70. The summed E-state index contributed by atoms with van der Waals surface area (Å²) in [5.74, 6) is 1.93. The van der Waals surface area contributed by atoms with Gasteiger partial charge in [-0.3, -0.25) is 0 Å². The van der Waals surface area contributed by atoms with E-state index >= 15 is 0 Å². The minimum Gasteiger partial charge on any atom is -0.353 e. The Kier molecular flexibility index (Phi) is 3.10. The molecule has 0 saturated carbocycles. The summed E-state index contributed by atoms with van der Waals surface area (Å²) in [7, 11) is 0. The summed E-state index contributed by atoms with van der Waals surface area (Å²) in [5, 5.41) is 4.90. The molecule has 4 heterocycles. The molecule has 0 amide bonds. The van der Waals surface area contributed by atoms with Gasteiger partial charge in [0.05, 0.1) is 5.69 Å². The summed E-state index contributed by atoms with van der Waals surface area (Å²) in [4.78, 5) is 17.5. The number of aryl methyl sites for hydroxylation is 1. The molecule has 0 unspecified atom stereocenters. The highest BCUT2D eigenvalue weighted by Gasteiger charge is 2.22. The molecule has 4 rings (SSSR count). The number of nitrogens with zero attached hydrogens (tertiary/aromatic N) is 6. The lowest BCUT2D eigenvalue weighted by atomic mass is 10.2. The first-order valence-corrected chi connectivity index (χ1v) is 7.31. The van der Waals surface area contributed by atoms with E-state index in [-0.39, 0.29) is 0 Å². The summed E-state index contributed by atoms with van der Waals surface area (Å²) >= 11 is 0. The van der Waals surface area contributed by atoms with Gasteiger partial charge in [0.25, 0.3) is 5.71 Å². The predicted octanol–water partition coefficient (Wildman–Crippen LogP) is 1.65. The van der Waals surface area contributed by atoms with Crippen LogP contribution in [0.15, 0.2) is 35.2 Å². The molecule has 0 spiro atoms. The van der Waals surface area contributed by atoms with Crippen LogP contribution in [0, 0.1) is 6.92 Å². The maximum absolute atomic E-state index is 5.22. The Morgan fingerprint density at radius 1 is 1.00 bits per heavy atom. The van der Waals surface area contributed by atoms with Crippen molar-refractivity contribution < 1.29 is 4.52 Å². The normalized spacial score (nSPS) is 15.5. The molecule has 3 aromatic heterocycles. The van der Waals surface area contributed by atoms with E-state index in [0.29, 0.717) is 5.71 Å². The van der Waals surface area contributed by atoms with E-state index < -0.39 is 0 Å². The lowest BCUT2D eigenvalue weighted by Crippen LogP contribution is -2.47. The summed E-state index contributed by atoms with van der Waals surface area (Å²) in [5.41, 5.74) is 1.38. The van der Waals surface area contributed by atoms with Gasteiger partial charge < -0.3 is 14.3 Å². The van der Waals surface area contributed by atoms with Crippen LogP contribution < -0.4 is 9.80 Å². The van der Waals surface area contributed by atoms with Gasteiger partial charge in [-0.2, -0.15) is 4.98 Å². The maximum Gasteiger partial charge on any atom is 0.263 e. The molecule has 7 heteroatoms. The minimum atomic E-state index is 0.551. The second-order valence-electron chi connectivity index (χ2n) is 5.31. The molecule has 3 aromatic rings. The van der Waals surface area contributed by atoms with Gasteiger partial charge in [0.2, 0.25) is 0 Å².